The lowest BCUT2D eigenvalue weighted by Gasteiger charge is -2.27. The van der Waals surface area contributed by atoms with E-state index in [1.807, 2.05) is 24.3 Å². The molecule has 0 aromatic heterocycles. The highest BCUT2D eigenvalue weighted by molar-refractivity contribution is 5.80. The predicted octanol–water partition coefficient (Wildman–Crippen LogP) is 1.73. The summed E-state index contributed by atoms with van der Waals surface area (Å²) in [5.74, 6) is 2.13. The van der Waals surface area contributed by atoms with Crippen molar-refractivity contribution in [2.45, 2.75) is 31.7 Å². The molecule has 0 saturated heterocycles. The third-order valence-electron chi connectivity index (χ3n) is 5.17. The first-order valence-corrected chi connectivity index (χ1v) is 7.86. The molecule has 3 N–H and O–H groups in total. The van der Waals surface area contributed by atoms with E-state index in [1.165, 1.54) is 12.8 Å². The van der Waals surface area contributed by atoms with Crippen molar-refractivity contribution in [2.24, 2.45) is 23.5 Å². The van der Waals surface area contributed by atoms with Gasteiger partial charge in [-0.3, -0.25) is 4.79 Å². The van der Waals surface area contributed by atoms with Crippen molar-refractivity contribution in [2.75, 3.05) is 13.7 Å². The first-order valence-electron chi connectivity index (χ1n) is 7.86. The van der Waals surface area contributed by atoms with Gasteiger partial charge in [0.25, 0.3) is 0 Å². The first-order chi connectivity index (χ1) is 10.2. The summed E-state index contributed by atoms with van der Waals surface area (Å²) in [6.45, 7) is 0.639. The fourth-order valence-corrected chi connectivity index (χ4v) is 4.07. The summed E-state index contributed by atoms with van der Waals surface area (Å²) < 4.78 is 5.33. The summed E-state index contributed by atoms with van der Waals surface area (Å²) >= 11 is 0. The second-order valence-corrected chi connectivity index (χ2v) is 6.29. The number of hydrogen-bond acceptors (Lipinski definition) is 3. The van der Waals surface area contributed by atoms with Gasteiger partial charge in [0, 0.05) is 12.6 Å². The molecule has 2 bridgehead atoms. The molecule has 114 valence electrons. The van der Waals surface area contributed by atoms with E-state index in [1.54, 1.807) is 7.11 Å². The van der Waals surface area contributed by atoms with E-state index >= 15 is 0 Å². The van der Waals surface area contributed by atoms with Crippen molar-refractivity contribution in [3.8, 4) is 5.75 Å². The van der Waals surface area contributed by atoms with E-state index in [2.05, 4.69) is 5.32 Å². The number of fused-ring (bicyclic) bond motifs is 2. The van der Waals surface area contributed by atoms with Crippen molar-refractivity contribution in [3.63, 3.8) is 0 Å². The Morgan fingerprint density at radius 1 is 1.33 bits per heavy atom. The van der Waals surface area contributed by atoms with Gasteiger partial charge in [-0.05, 0) is 49.1 Å². The Morgan fingerprint density at radius 2 is 2.10 bits per heavy atom. The highest BCUT2D eigenvalue weighted by atomic mass is 16.5. The third kappa shape index (κ3) is 2.77. The largest absolute Gasteiger partial charge is 0.496 e. The van der Waals surface area contributed by atoms with Crippen LogP contribution in [0, 0.1) is 17.8 Å². The molecular formula is C17H24N2O2. The molecule has 4 heteroatoms. The van der Waals surface area contributed by atoms with Crippen LogP contribution in [0.1, 0.15) is 24.8 Å². The van der Waals surface area contributed by atoms with Gasteiger partial charge < -0.3 is 15.8 Å². The SMILES string of the molecule is COc1ccccc1CCNC(=O)C1C2CCC(C2)C1N. The number of para-hydroxylation sites is 1. The number of ether oxygens (including phenoxy) is 1. The van der Waals surface area contributed by atoms with E-state index in [0.717, 1.165) is 24.2 Å². The second kappa shape index (κ2) is 6.06. The smallest absolute Gasteiger partial charge is 0.224 e. The molecule has 2 aliphatic rings. The van der Waals surface area contributed by atoms with Gasteiger partial charge >= 0.3 is 0 Å². The summed E-state index contributed by atoms with van der Waals surface area (Å²) in [5, 5.41) is 3.07. The Morgan fingerprint density at radius 3 is 2.81 bits per heavy atom. The lowest BCUT2D eigenvalue weighted by Crippen LogP contribution is -2.45. The Labute approximate surface area is 126 Å². The van der Waals surface area contributed by atoms with Gasteiger partial charge in [-0.2, -0.15) is 0 Å². The van der Waals surface area contributed by atoms with Crippen molar-refractivity contribution >= 4 is 5.91 Å². The molecule has 1 aromatic rings. The van der Waals surface area contributed by atoms with E-state index in [0.29, 0.717) is 18.4 Å². The molecule has 3 rings (SSSR count). The number of nitrogens with two attached hydrogens (primary N) is 1. The topological polar surface area (TPSA) is 64.3 Å². The van der Waals surface area contributed by atoms with Crippen LogP contribution in [-0.4, -0.2) is 25.6 Å². The van der Waals surface area contributed by atoms with Crippen LogP contribution < -0.4 is 15.8 Å². The van der Waals surface area contributed by atoms with Gasteiger partial charge in [0.15, 0.2) is 0 Å². The number of rotatable bonds is 5. The lowest BCUT2D eigenvalue weighted by atomic mass is 9.84. The summed E-state index contributed by atoms with van der Waals surface area (Å²) in [4.78, 5) is 12.4. The predicted molar refractivity (Wildman–Crippen MR) is 82.0 cm³/mol. The molecular weight excluding hydrogens is 264 g/mol. The Kier molecular flexibility index (Phi) is 4.15. The van der Waals surface area contributed by atoms with Gasteiger partial charge in [0.2, 0.25) is 5.91 Å². The minimum absolute atomic E-state index is 0.0291. The van der Waals surface area contributed by atoms with Gasteiger partial charge in [-0.1, -0.05) is 18.2 Å². The maximum absolute atomic E-state index is 12.4. The molecule has 0 aliphatic heterocycles. The second-order valence-electron chi connectivity index (χ2n) is 6.29. The van der Waals surface area contributed by atoms with Gasteiger partial charge in [0.1, 0.15) is 5.75 Å². The molecule has 4 unspecified atom stereocenters. The monoisotopic (exact) mass is 288 g/mol. The maximum atomic E-state index is 12.4. The third-order valence-corrected chi connectivity index (χ3v) is 5.17. The highest BCUT2D eigenvalue weighted by Crippen LogP contribution is 2.47. The summed E-state index contributed by atoms with van der Waals surface area (Å²) in [7, 11) is 1.67. The van der Waals surface area contributed by atoms with E-state index < -0.39 is 0 Å². The Bertz CT molecular complexity index is 515. The van der Waals surface area contributed by atoms with Gasteiger partial charge in [-0.25, -0.2) is 0 Å². The zero-order valence-electron chi connectivity index (χ0n) is 12.5. The molecule has 4 atom stereocenters. The normalized spacial score (nSPS) is 30.4. The molecule has 21 heavy (non-hydrogen) atoms. The number of nitrogens with one attached hydrogen (secondary N) is 1. The molecule has 2 saturated carbocycles. The number of methoxy groups -OCH3 is 1. The zero-order valence-corrected chi connectivity index (χ0v) is 12.5. The van der Waals surface area contributed by atoms with E-state index in [9.17, 15) is 4.79 Å². The van der Waals surface area contributed by atoms with Crippen LogP contribution in [-0.2, 0) is 11.2 Å². The molecule has 0 heterocycles. The van der Waals surface area contributed by atoms with Crippen LogP contribution in [0.4, 0.5) is 0 Å². The van der Waals surface area contributed by atoms with Crippen LogP contribution in [0.3, 0.4) is 0 Å². The number of hydrogen-bond donors (Lipinski definition) is 2. The number of carbonyl (C=O) groups is 1. The zero-order chi connectivity index (χ0) is 14.8. The average molecular weight is 288 g/mol. The van der Waals surface area contributed by atoms with Crippen LogP contribution >= 0.6 is 0 Å². The first kappa shape index (κ1) is 14.4. The lowest BCUT2D eigenvalue weighted by molar-refractivity contribution is -0.127. The van der Waals surface area contributed by atoms with Crippen molar-refractivity contribution in [1.82, 2.24) is 5.32 Å². The quantitative estimate of drug-likeness (QED) is 0.867. The molecule has 1 amide bonds. The van der Waals surface area contributed by atoms with Gasteiger partial charge in [-0.15, -0.1) is 0 Å². The minimum atomic E-state index is 0.0291. The molecule has 1 aromatic carbocycles. The summed E-state index contributed by atoms with van der Waals surface area (Å²) in [6, 6.07) is 7.99. The molecule has 0 spiro atoms. The fourth-order valence-electron chi connectivity index (χ4n) is 4.07. The summed E-state index contributed by atoms with van der Waals surface area (Å²) in [5.41, 5.74) is 7.34. The van der Waals surface area contributed by atoms with Crippen molar-refractivity contribution in [3.05, 3.63) is 29.8 Å². The number of benzene rings is 1. The minimum Gasteiger partial charge on any atom is -0.496 e. The van der Waals surface area contributed by atoms with E-state index in [-0.39, 0.29) is 17.9 Å². The van der Waals surface area contributed by atoms with E-state index in [4.69, 9.17) is 10.5 Å². The van der Waals surface area contributed by atoms with Crippen LogP contribution in [0.15, 0.2) is 24.3 Å². The average Bonchev–Trinajstić information content (AvgIpc) is 3.08. The Hall–Kier alpha value is -1.55. The van der Waals surface area contributed by atoms with Crippen molar-refractivity contribution < 1.29 is 9.53 Å². The maximum Gasteiger partial charge on any atom is 0.224 e. The number of carbonyl (C=O) groups excluding carboxylic acids is 1. The van der Waals surface area contributed by atoms with Crippen LogP contribution in [0.2, 0.25) is 0 Å². The molecule has 2 aliphatic carbocycles. The van der Waals surface area contributed by atoms with Crippen LogP contribution in [0.25, 0.3) is 0 Å². The highest BCUT2D eigenvalue weighted by Gasteiger charge is 2.48. The molecule has 4 nitrogen and oxygen atoms in total. The van der Waals surface area contributed by atoms with Gasteiger partial charge in [0.05, 0.1) is 13.0 Å². The summed E-state index contributed by atoms with van der Waals surface area (Å²) in [6.07, 6.45) is 4.30. The Balaban J connectivity index is 1.52. The molecule has 2 fully saturated rings. The molecule has 0 radical (unpaired) electrons. The van der Waals surface area contributed by atoms with Crippen molar-refractivity contribution in [1.29, 1.82) is 0 Å². The number of amides is 1. The fraction of sp³-hybridized carbons (Fsp3) is 0.588. The van der Waals surface area contributed by atoms with Crippen LogP contribution in [0.5, 0.6) is 5.75 Å². The standard InChI is InChI=1S/C17H24N2O2/c1-21-14-5-3-2-4-11(14)8-9-19-17(20)15-12-6-7-13(10-12)16(15)18/h2-5,12-13,15-16H,6-10,18H2,1H3,(H,19,20).